The Balaban J connectivity index is 3.07. The fourth-order valence-electron chi connectivity index (χ4n) is 1.30. The van der Waals surface area contributed by atoms with Crippen LogP contribution in [0.25, 0.3) is 5.57 Å². The Morgan fingerprint density at radius 3 is 2.36 bits per heavy atom. The summed E-state index contributed by atoms with van der Waals surface area (Å²) in [6, 6.07) is 10.3. The van der Waals surface area contributed by atoms with Crippen molar-refractivity contribution in [2.75, 3.05) is 0 Å². The van der Waals surface area contributed by atoms with Crippen LogP contribution < -0.4 is 0 Å². The van der Waals surface area contributed by atoms with Crippen LogP contribution in [0.5, 0.6) is 0 Å². The van der Waals surface area contributed by atoms with E-state index in [2.05, 4.69) is 30.9 Å². The lowest BCUT2D eigenvalue weighted by Gasteiger charge is -2.02. The molecule has 0 aliphatic rings. The Kier molecular flexibility index (Phi) is 3.93. The monoisotopic (exact) mass is 184 g/mol. The highest BCUT2D eigenvalue weighted by molar-refractivity contribution is 5.75. The van der Waals surface area contributed by atoms with Crippen LogP contribution in [0.15, 0.2) is 60.7 Å². The van der Waals surface area contributed by atoms with Gasteiger partial charge < -0.3 is 0 Å². The quantitative estimate of drug-likeness (QED) is 0.617. The average Bonchev–Trinajstić information content (AvgIpc) is 2.18. The number of allylic oxidation sites excluding steroid dienone is 5. The highest BCUT2D eigenvalue weighted by Crippen LogP contribution is 2.17. The third-order valence-corrected chi connectivity index (χ3v) is 1.86. The predicted molar refractivity (Wildman–Crippen MR) is 64.0 cm³/mol. The van der Waals surface area contributed by atoms with Gasteiger partial charge in [-0.05, 0) is 25.0 Å². The molecule has 72 valence electrons. The molecule has 0 aliphatic heterocycles. The van der Waals surface area contributed by atoms with E-state index >= 15 is 0 Å². The number of hydrogen-bond donors (Lipinski definition) is 0. The summed E-state index contributed by atoms with van der Waals surface area (Å²) in [7, 11) is 0. The van der Waals surface area contributed by atoms with Gasteiger partial charge in [-0.25, -0.2) is 0 Å². The van der Waals surface area contributed by atoms with Gasteiger partial charge in [0, 0.05) is 0 Å². The summed E-state index contributed by atoms with van der Waals surface area (Å²) >= 11 is 0. The lowest BCUT2D eigenvalue weighted by molar-refractivity contribution is 1.53. The van der Waals surface area contributed by atoms with Gasteiger partial charge in [-0.15, -0.1) is 0 Å². The lowest BCUT2D eigenvalue weighted by atomic mass is 10.0. The molecule has 0 bridgehead atoms. The molecule has 0 amide bonds. The molecule has 0 saturated heterocycles. The Bertz CT molecular complexity index is 353. The predicted octanol–water partition coefficient (Wildman–Crippen LogP) is 4.22. The lowest BCUT2D eigenvalue weighted by Crippen LogP contribution is -1.80. The number of rotatable bonds is 3. The molecule has 1 rings (SSSR count). The molecule has 0 nitrogen and oxygen atoms in total. The average molecular weight is 184 g/mol. The number of hydrogen-bond acceptors (Lipinski definition) is 0. The zero-order valence-corrected chi connectivity index (χ0v) is 8.83. The largest absolute Gasteiger partial charge is 0.0961 e. The molecule has 0 saturated carbocycles. The molecular formula is C14H16. The summed E-state index contributed by atoms with van der Waals surface area (Å²) in [6.07, 6.45) is 6.24. The third-order valence-electron chi connectivity index (χ3n) is 1.86. The van der Waals surface area contributed by atoms with Crippen LogP contribution in [0.1, 0.15) is 19.4 Å². The molecule has 0 spiro atoms. The molecule has 0 radical (unpaired) electrons. The normalized spacial score (nSPS) is 12.0. The van der Waals surface area contributed by atoms with Crippen LogP contribution >= 0.6 is 0 Å². The highest BCUT2D eigenvalue weighted by atomic mass is 14.0. The van der Waals surface area contributed by atoms with E-state index in [9.17, 15) is 0 Å². The van der Waals surface area contributed by atoms with Crippen molar-refractivity contribution in [1.82, 2.24) is 0 Å². The summed E-state index contributed by atoms with van der Waals surface area (Å²) in [5, 5.41) is 0. The van der Waals surface area contributed by atoms with Gasteiger partial charge in [-0.3, -0.25) is 0 Å². The van der Waals surface area contributed by atoms with E-state index in [1.165, 1.54) is 11.1 Å². The Morgan fingerprint density at radius 1 is 1.21 bits per heavy atom. The summed E-state index contributed by atoms with van der Waals surface area (Å²) in [5.41, 5.74) is 3.51. The summed E-state index contributed by atoms with van der Waals surface area (Å²) < 4.78 is 0. The van der Waals surface area contributed by atoms with Crippen molar-refractivity contribution in [2.24, 2.45) is 0 Å². The van der Waals surface area contributed by atoms with Crippen molar-refractivity contribution < 1.29 is 0 Å². The maximum Gasteiger partial charge on any atom is -0.0184 e. The molecule has 1 aromatic rings. The van der Waals surface area contributed by atoms with Crippen molar-refractivity contribution in [1.29, 1.82) is 0 Å². The van der Waals surface area contributed by atoms with E-state index in [4.69, 9.17) is 0 Å². The van der Waals surface area contributed by atoms with E-state index in [-0.39, 0.29) is 0 Å². The van der Waals surface area contributed by atoms with Crippen LogP contribution in [0.3, 0.4) is 0 Å². The number of benzene rings is 1. The molecular weight excluding hydrogens is 168 g/mol. The first kappa shape index (κ1) is 10.5. The molecule has 0 aliphatic carbocycles. The second kappa shape index (κ2) is 5.23. The van der Waals surface area contributed by atoms with Crippen molar-refractivity contribution in [3.05, 3.63) is 66.3 Å². The van der Waals surface area contributed by atoms with Gasteiger partial charge in [0.2, 0.25) is 0 Å². The van der Waals surface area contributed by atoms with Crippen molar-refractivity contribution in [3.63, 3.8) is 0 Å². The smallest absolute Gasteiger partial charge is 0.0184 e. The minimum atomic E-state index is 1.07. The van der Waals surface area contributed by atoms with E-state index in [0.29, 0.717) is 0 Å². The van der Waals surface area contributed by atoms with Crippen LogP contribution in [-0.2, 0) is 0 Å². The van der Waals surface area contributed by atoms with Crippen molar-refractivity contribution in [3.8, 4) is 0 Å². The molecule has 0 aromatic heterocycles. The molecule has 14 heavy (non-hydrogen) atoms. The summed E-state index contributed by atoms with van der Waals surface area (Å²) in [5.74, 6) is 0. The summed E-state index contributed by atoms with van der Waals surface area (Å²) in [6.45, 7) is 7.92. The van der Waals surface area contributed by atoms with Crippen molar-refractivity contribution in [2.45, 2.75) is 13.8 Å². The fraction of sp³-hybridized carbons (Fsp3) is 0.143. The third kappa shape index (κ3) is 3.06. The van der Waals surface area contributed by atoms with Gasteiger partial charge in [0.25, 0.3) is 0 Å². The van der Waals surface area contributed by atoms with Crippen molar-refractivity contribution >= 4 is 5.57 Å². The zero-order chi connectivity index (χ0) is 10.4. The molecule has 0 heteroatoms. The Labute approximate surface area is 86.3 Å². The van der Waals surface area contributed by atoms with E-state index in [0.717, 1.165) is 5.57 Å². The first-order valence-electron chi connectivity index (χ1n) is 4.79. The minimum Gasteiger partial charge on any atom is -0.0961 e. The molecule has 0 heterocycles. The summed E-state index contributed by atoms with van der Waals surface area (Å²) in [4.78, 5) is 0. The molecule has 0 atom stereocenters. The van der Waals surface area contributed by atoms with Gasteiger partial charge in [0.1, 0.15) is 0 Å². The van der Waals surface area contributed by atoms with Crippen LogP contribution in [-0.4, -0.2) is 0 Å². The topological polar surface area (TPSA) is 0 Å². The van der Waals surface area contributed by atoms with Crippen LogP contribution in [0.2, 0.25) is 0 Å². The second-order valence-electron chi connectivity index (χ2n) is 3.31. The van der Waals surface area contributed by atoms with Crippen LogP contribution in [0, 0.1) is 0 Å². The van der Waals surface area contributed by atoms with Gasteiger partial charge in [0.05, 0.1) is 0 Å². The molecule has 0 unspecified atom stereocenters. The maximum atomic E-state index is 3.89. The maximum absolute atomic E-state index is 3.89. The fourth-order valence-corrected chi connectivity index (χ4v) is 1.30. The van der Waals surface area contributed by atoms with Gasteiger partial charge in [0.15, 0.2) is 0 Å². The standard InChI is InChI=1S/C14H16/c1-4-8-14(11-12(2)3)13-9-6-5-7-10-13/h4-11H,2H2,1,3H3/b8-4?,14-11+. The Hall–Kier alpha value is -1.56. The second-order valence-corrected chi connectivity index (χ2v) is 3.31. The van der Waals surface area contributed by atoms with E-state index < -0.39 is 0 Å². The van der Waals surface area contributed by atoms with E-state index in [1.807, 2.05) is 38.1 Å². The highest BCUT2D eigenvalue weighted by Gasteiger charge is 1.95. The van der Waals surface area contributed by atoms with E-state index in [1.54, 1.807) is 0 Å². The van der Waals surface area contributed by atoms with Crippen LogP contribution in [0.4, 0.5) is 0 Å². The SMILES string of the molecule is C=C(C)/C=C(\C=CC)c1ccccc1. The zero-order valence-electron chi connectivity index (χ0n) is 8.83. The first-order chi connectivity index (χ1) is 6.74. The Morgan fingerprint density at radius 2 is 1.86 bits per heavy atom. The minimum absolute atomic E-state index is 1.07. The molecule has 1 aromatic carbocycles. The van der Waals surface area contributed by atoms with Gasteiger partial charge in [-0.2, -0.15) is 0 Å². The van der Waals surface area contributed by atoms with Gasteiger partial charge in [-0.1, -0.05) is 60.7 Å². The molecule has 0 fully saturated rings. The first-order valence-corrected chi connectivity index (χ1v) is 4.79. The molecule has 0 N–H and O–H groups in total. The van der Waals surface area contributed by atoms with Gasteiger partial charge >= 0.3 is 0 Å².